The van der Waals surface area contributed by atoms with E-state index in [1.165, 1.54) is 0 Å². The molecule has 0 amide bonds. The van der Waals surface area contributed by atoms with Gasteiger partial charge in [-0.2, -0.15) is 0 Å². The van der Waals surface area contributed by atoms with Crippen LogP contribution in [0.4, 0.5) is 0 Å². The number of ether oxygens (including phenoxy) is 10. The fourth-order valence-corrected chi connectivity index (χ4v) is 11.0. The molecule has 0 saturated carbocycles. The smallest absolute Gasteiger partial charge is 0.316 e. The van der Waals surface area contributed by atoms with Crippen molar-refractivity contribution >= 4 is 5.97 Å². The predicted octanol–water partition coefficient (Wildman–Crippen LogP) is 5.60. The zero-order valence-corrected chi connectivity index (χ0v) is 39.3. The third-order valence-corrected chi connectivity index (χ3v) is 14.9. The SMILES string of the molecule is CCC(C)C1OC2(C=CC1C)CC1CC(C/C=C(/C)C(OC3CC(OC)C(OC4CC(OC)C(NC)C(C)O4)C(C)O3)C(C)/C=C\C=C3COC4C(O)C(C)=CC(C(=O)O1)C34O)O2. The van der Waals surface area contributed by atoms with E-state index in [-0.39, 0.29) is 67.0 Å². The van der Waals surface area contributed by atoms with Crippen LogP contribution in [0.25, 0.3) is 0 Å². The lowest BCUT2D eigenvalue weighted by molar-refractivity contribution is -0.312. The molecule has 4 saturated heterocycles. The van der Waals surface area contributed by atoms with Gasteiger partial charge in [-0.05, 0) is 69.9 Å². The summed E-state index contributed by atoms with van der Waals surface area (Å²) >= 11 is 0. The molecule has 63 heavy (non-hydrogen) atoms. The number of likely N-dealkylation sites (N-methyl/N-ethyl adjacent to an activating group) is 1. The average molecular weight is 886 g/mol. The monoisotopic (exact) mass is 886 g/mol. The maximum absolute atomic E-state index is 14.4. The van der Waals surface area contributed by atoms with Crippen LogP contribution in [0.5, 0.6) is 0 Å². The summed E-state index contributed by atoms with van der Waals surface area (Å²) < 4.78 is 64.6. The minimum Gasteiger partial charge on any atom is -0.462 e. The van der Waals surface area contributed by atoms with Gasteiger partial charge in [-0.3, -0.25) is 4.79 Å². The number of hydrogen-bond donors (Lipinski definition) is 3. The van der Waals surface area contributed by atoms with Crippen molar-refractivity contribution < 1.29 is 62.4 Å². The molecule has 20 unspecified atom stereocenters. The Morgan fingerprint density at radius 2 is 1.63 bits per heavy atom. The first kappa shape index (κ1) is 48.6. The molecule has 354 valence electrons. The Bertz CT molecular complexity index is 1750. The zero-order chi connectivity index (χ0) is 45.4. The van der Waals surface area contributed by atoms with Crippen molar-refractivity contribution in [2.45, 2.75) is 191 Å². The van der Waals surface area contributed by atoms with Gasteiger partial charge in [0.2, 0.25) is 0 Å². The van der Waals surface area contributed by atoms with Gasteiger partial charge in [0.25, 0.3) is 0 Å². The van der Waals surface area contributed by atoms with E-state index in [1.54, 1.807) is 33.3 Å². The van der Waals surface area contributed by atoms with Gasteiger partial charge in [0.1, 0.15) is 35.9 Å². The first-order valence-corrected chi connectivity index (χ1v) is 23.4. The van der Waals surface area contributed by atoms with Gasteiger partial charge in [0.05, 0.1) is 55.4 Å². The summed E-state index contributed by atoms with van der Waals surface area (Å²) in [6, 6.07) is 0.0442. The third kappa shape index (κ3) is 10.0. The van der Waals surface area contributed by atoms with E-state index in [4.69, 9.17) is 47.4 Å². The maximum atomic E-state index is 14.4. The standard InChI is InChI=1S/C49H75NO13/c1-12-26(2)44-29(5)18-19-48(63-44)24-35-21-34(62-48)17-16-28(4)43(27(3)14-13-15-33-25-56-46-42(51)30(6)20-36(47(52)59-35)49(33,46)53)60-40-23-38(55-11)45(32(8)58-40)61-39-22-37(54-10)41(50-9)31(7)57-39/h13-16,18-20,26-27,29,31-32,34-46,50-51,53H,12,17,21-25H2,1-11H3/b14-13-,28-16-,33-15?. The van der Waals surface area contributed by atoms with Crippen LogP contribution in [0.1, 0.15) is 93.9 Å². The number of rotatable bonds is 9. The molecule has 6 aliphatic heterocycles. The molecule has 7 aliphatic rings. The number of aliphatic hydroxyl groups excluding tert-OH is 1. The van der Waals surface area contributed by atoms with Crippen LogP contribution < -0.4 is 5.32 Å². The van der Waals surface area contributed by atoms with Crippen LogP contribution in [-0.4, -0.2) is 141 Å². The molecule has 0 radical (unpaired) electrons. The number of aliphatic hydroxyl groups is 2. The number of fused-ring (bicyclic) bond motifs is 2. The Balaban J connectivity index is 1.18. The van der Waals surface area contributed by atoms with Gasteiger partial charge >= 0.3 is 5.97 Å². The lowest BCUT2D eigenvalue weighted by Gasteiger charge is -2.48. The molecule has 0 aromatic rings. The summed E-state index contributed by atoms with van der Waals surface area (Å²) in [6.45, 7) is 16.4. The number of esters is 1. The van der Waals surface area contributed by atoms with Crippen LogP contribution in [-0.2, 0) is 52.2 Å². The normalized spacial score (nSPS) is 47.7. The Labute approximate surface area is 374 Å². The number of methoxy groups -OCH3 is 2. The molecule has 0 aromatic heterocycles. The van der Waals surface area contributed by atoms with Crippen LogP contribution in [0.15, 0.2) is 59.3 Å². The highest BCUT2D eigenvalue weighted by Gasteiger charge is 2.60. The van der Waals surface area contributed by atoms with Gasteiger partial charge in [0.15, 0.2) is 18.4 Å². The topological polar surface area (TPSA) is 162 Å². The lowest BCUT2D eigenvalue weighted by atomic mass is 9.71. The van der Waals surface area contributed by atoms with Crippen LogP contribution in [0.3, 0.4) is 0 Å². The van der Waals surface area contributed by atoms with Crippen molar-refractivity contribution in [1.29, 1.82) is 0 Å². The molecule has 14 nitrogen and oxygen atoms in total. The Hall–Kier alpha value is -2.31. The van der Waals surface area contributed by atoms with Gasteiger partial charge < -0.3 is 62.9 Å². The number of carbonyl (C=O) groups excluding carboxylic acids is 1. The second kappa shape index (κ2) is 20.3. The molecular formula is C49H75NO13. The highest BCUT2D eigenvalue weighted by Crippen LogP contribution is 2.47. The van der Waals surface area contributed by atoms with E-state index in [0.29, 0.717) is 43.3 Å². The molecule has 6 heterocycles. The average Bonchev–Trinajstić information content (AvgIpc) is 3.60. The van der Waals surface area contributed by atoms with Gasteiger partial charge in [-0.25, -0.2) is 0 Å². The predicted molar refractivity (Wildman–Crippen MR) is 234 cm³/mol. The molecule has 0 aromatic carbocycles. The number of nitrogens with one attached hydrogen (secondary N) is 1. The summed E-state index contributed by atoms with van der Waals surface area (Å²) in [5, 5.41) is 27.1. The van der Waals surface area contributed by atoms with E-state index in [1.807, 2.05) is 39.1 Å². The molecule has 7 rings (SSSR count). The second-order valence-corrected chi connectivity index (χ2v) is 19.3. The number of allylic oxidation sites excluding steroid dienone is 2. The van der Waals surface area contributed by atoms with Crippen molar-refractivity contribution in [1.82, 2.24) is 5.32 Å². The van der Waals surface area contributed by atoms with Gasteiger partial charge in [-0.1, -0.05) is 70.6 Å². The van der Waals surface area contributed by atoms with E-state index in [0.717, 1.165) is 12.0 Å². The summed E-state index contributed by atoms with van der Waals surface area (Å²) in [5.41, 5.74) is 0.180. The van der Waals surface area contributed by atoms with E-state index in [9.17, 15) is 15.0 Å². The fraction of sp³-hybridized carbons (Fsp3) is 0.776. The lowest BCUT2D eigenvalue weighted by Crippen LogP contribution is -2.58. The first-order chi connectivity index (χ1) is 30.0. The summed E-state index contributed by atoms with van der Waals surface area (Å²) in [6.07, 6.45) is 10.7. The van der Waals surface area contributed by atoms with Gasteiger partial charge in [-0.15, -0.1) is 0 Å². The molecule has 1 spiro atoms. The quantitative estimate of drug-likeness (QED) is 0.194. The summed E-state index contributed by atoms with van der Waals surface area (Å²) in [4.78, 5) is 14.4. The van der Waals surface area contributed by atoms with Crippen LogP contribution in [0.2, 0.25) is 0 Å². The van der Waals surface area contributed by atoms with E-state index in [2.05, 4.69) is 52.1 Å². The van der Waals surface area contributed by atoms with E-state index < -0.39 is 66.4 Å². The largest absolute Gasteiger partial charge is 0.462 e. The zero-order valence-electron chi connectivity index (χ0n) is 39.3. The van der Waals surface area contributed by atoms with Crippen molar-refractivity contribution in [2.75, 3.05) is 27.9 Å². The Kier molecular flexibility index (Phi) is 15.7. The minimum absolute atomic E-state index is 0.0411. The molecular weight excluding hydrogens is 811 g/mol. The molecule has 3 N–H and O–H groups in total. The molecule has 4 fully saturated rings. The van der Waals surface area contributed by atoms with E-state index >= 15 is 0 Å². The highest BCUT2D eigenvalue weighted by molar-refractivity contribution is 5.78. The fourth-order valence-electron chi connectivity index (χ4n) is 11.0. The van der Waals surface area contributed by atoms with Crippen molar-refractivity contribution in [3.05, 3.63) is 59.3 Å². The number of hydrogen-bond acceptors (Lipinski definition) is 14. The second-order valence-electron chi connectivity index (χ2n) is 19.3. The Morgan fingerprint density at radius 1 is 0.921 bits per heavy atom. The third-order valence-electron chi connectivity index (χ3n) is 14.9. The molecule has 1 aliphatic carbocycles. The van der Waals surface area contributed by atoms with Crippen LogP contribution in [0, 0.1) is 23.7 Å². The molecule has 14 heteroatoms. The van der Waals surface area contributed by atoms with Crippen LogP contribution >= 0.6 is 0 Å². The molecule has 2 bridgehead atoms. The number of carbonyl (C=O) groups is 1. The summed E-state index contributed by atoms with van der Waals surface area (Å²) in [5.74, 6) is -2.51. The van der Waals surface area contributed by atoms with Gasteiger partial charge in [0, 0.05) is 51.7 Å². The first-order valence-electron chi connectivity index (χ1n) is 23.4. The Morgan fingerprint density at radius 3 is 2.35 bits per heavy atom. The highest BCUT2D eigenvalue weighted by atomic mass is 16.7. The maximum Gasteiger partial charge on any atom is 0.316 e. The minimum atomic E-state index is -1.83. The van der Waals surface area contributed by atoms with Crippen molar-refractivity contribution in [2.24, 2.45) is 23.7 Å². The van der Waals surface area contributed by atoms with Crippen molar-refractivity contribution in [3.63, 3.8) is 0 Å². The van der Waals surface area contributed by atoms with Crippen molar-refractivity contribution in [3.8, 4) is 0 Å². The molecule has 20 atom stereocenters. The summed E-state index contributed by atoms with van der Waals surface area (Å²) in [7, 11) is 5.30.